The Morgan fingerprint density at radius 1 is 1.33 bits per heavy atom. The van der Waals surface area contributed by atoms with Gasteiger partial charge in [-0.2, -0.15) is 0 Å². The summed E-state index contributed by atoms with van der Waals surface area (Å²) in [5, 5.41) is 4.25. The van der Waals surface area contributed by atoms with Crippen LogP contribution in [0.5, 0.6) is 0 Å². The molecule has 2 rings (SSSR count). The van der Waals surface area contributed by atoms with E-state index in [2.05, 4.69) is 37.1 Å². The number of carbonyl (C=O) groups excluding carboxylic acids is 1. The van der Waals surface area contributed by atoms with Crippen molar-refractivity contribution in [3.8, 4) is 0 Å². The molecule has 1 aromatic carbocycles. The van der Waals surface area contributed by atoms with E-state index in [9.17, 15) is 4.79 Å². The second kappa shape index (κ2) is 7.55. The summed E-state index contributed by atoms with van der Waals surface area (Å²) in [5.41, 5.74) is 1.06. The van der Waals surface area contributed by atoms with Crippen molar-refractivity contribution in [1.29, 1.82) is 0 Å². The van der Waals surface area contributed by atoms with Crippen LogP contribution in [0.25, 0.3) is 10.2 Å². The van der Waals surface area contributed by atoms with Crippen LogP contribution in [0.15, 0.2) is 24.3 Å². The Labute approximate surface area is 130 Å². The maximum absolute atomic E-state index is 12.0. The molecular weight excluding hydrogens is 280 g/mol. The van der Waals surface area contributed by atoms with Crippen molar-refractivity contribution in [2.24, 2.45) is 5.92 Å². The van der Waals surface area contributed by atoms with E-state index in [1.54, 1.807) is 11.3 Å². The molecule has 0 spiro atoms. The van der Waals surface area contributed by atoms with Gasteiger partial charge in [-0.3, -0.25) is 4.79 Å². The molecule has 1 N–H and O–H groups in total. The first-order valence-corrected chi connectivity index (χ1v) is 8.55. The number of nitrogens with one attached hydrogen (secondary N) is 1. The largest absolute Gasteiger partial charge is 0.353 e. The molecule has 0 bridgehead atoms. The number of carbonyl (C=O) groups is 1. The summed E-state index contributed by atoms with van der Waals surface area (Å²) in [6, 6.07) is 8.47. The van der Waals surface area contributed by atoms with E-state index >= 15 is 0 Å². The number of fused-ring (bicyclic) bond motifs is 1. The summed E-state index contributed by atoms with van der Waals surface area (Å²) in [7, 11) is 0. The molecule has 2 aromatic rings. The summed E-state index contributed by atoms with van der Waals surface area (Å²) in [6.07, 6.45) is 3.31. The molecule has 0 aliphatic heterocycles. The van der Waals surface area contributed by atoms with Gasteiger partial charge in [0.15, 0.2) is 0 Å². The zero-order valence-corrected chi connectivity index (χ0v) is 13.9. The van der Waals surface area contributed by atoms with Gasteiger partial charge < -0.3 is 5.32 Å². The molecule has 0 fully saturated rings. The quantitative estimate of drug-likeness (QED) is 0.834. The van der Waals surface area contributed by atoms with Crippen LogP contribution in [-0.4, -0.2) is 16.9 Å². The second-order valence-electron chi connectivity index (χ2n) is 5.76. The Bertz CT molecular complexity index is 558. The first kappa shape index (κ1) is 16.0. The summed E-state index contributed by atoms with van der Waals surface area (Å²) in [5.74, 6) is 0.653. The van der Waals surface area contributed by atoms with Crippen molar-refractivity contribution >= 4 is 27.5 Å². The fourth-order valence-corrected chi connectivity index (χ4v) is 3.46. The lowest BCUT2D eigenvalue weighted by atomic mass is 10.0. The molecule has 0 aliphatic carbocycles. The lowest BCUT2D eigenvalue weighted by Gasteiger charge is -2.20. The average Bonchev–Trinajstić information content (AvgIpc) is 2.87. The normalized spacial score (nSPS) is 12.8. The maximum Gasteiger partial charge on any atom is 0.220 e. The van der Waals surface area contributed by atoms with E-state index in [4.69, 9.17) is 0 Å². The molecule has 0 saturated carbocycles. The number of hydrogen-bond donors (Lipinski definition) is 1. The fourth-order valence-electron chi connectivity index (χ4n) is 2.45. The Morgan fingerprint density at radius 3 is 2.76 bits per heavy atom. The fraction of sp³-hybridized carbons (Fsp3) is 0.529. The third-order valence-electron chi connectivity index (χ3n) is 3.72. The summed E-state index contributed by atoms with van der Waals surface area (Å²) >= 11 is 1.73. The third-order valence-corrected chi connectivity index (χ3v) is 4.82. The van der Waals surface area contributed by atoms with E-state index in [-0.39, 0.29) is 5.91 Å². The highest BCUT2D eigenvalue weighted by atomic mass is 32.1. The topological polar surface area (TPSA) is 42.0 Å². The molecule has 21 heavy (non-hydrogen) atoms. The van der Waals surface area contributed by atoms with Crippen molar-refractivity contribution in [3.05, 3.63) is 29.3 Å². The molecule has 1 heterocycles. The number of hydrogen-bond acceptors (Lipinski definition) is 3. The standard InChI is InChI=1S/C17H24N2OS/c1-4-13(12(2)3)18-16(20)10-7-11-17-19-14-8-5-6-9-15(14)21-17/h5-6,8-9,12-13H,4,7,10-11H2,1-3H3,(H,18,20)/t13-/m1/s1. The number of aryl methyl sites for hydroxylation is 1. The van der Waals surface area contributed by atoms with Crippen LogP contribution in [0.1, 0.15) is 45.0 Å². The van der Waals surface area contributed by atoms with E-state index in [1.165, 1.54) is 4.70 Å². The number of benzene rings is 1. The van der Waals surface area contributed by atoms with Gasteiger partial charge in [0.25, 0.3) is 0 Å². The Balaban J connectivity index is 1.79. The molecule has 0 saturated heterocycles. The lowest BCUT2D eigenvalue weighted by Crippen LogP contribution is -2.37. The molecule has 114 valence electrons. The van der Waals surface area contributed by atoms with Crippen LogP contribution in [0.2, 0.25) is 0 Å². The zero-order chi connectivity index (χ0) is 15.2. The molecule has 1 aromatic heterocycles. The highest BCUT2D eigenvalue weighted by Crippen LogP contribution is 2.22. The molecule has 1 atom stereocenters. The van der Waals surface area contributed by atoms with Gasteiger partial charge in [0, 0.05) is 12.5 Å². The summed E-state index contributed by atoms with van der Waals surface area (Å²) in [4.78, 5) is 16.6. The predicted molar refractivity (Wildman–Crippen MR) is 89.6 cm³/mol. The van der Waals surface area contributed by atoms with E-state index in [0.717, 1.165) is 29.8 Å². The first-order chi connectivity index (χ1) is 10.1. The molecule has 4 heteroatoms. The highest BCUT2D eigenvalue weighted by molar-refractivity contribution is 7.18. The van der Waals surface area contributed by atoms with E-state index in [0.29, 0.717) is 18.4 Å². The molecule has 0 aliphatic rings. The van der Waals surface area contributed by atoms with Crippen LogP contribution >= 0.6 is 11.3 Å². The minimum atomic E-state index is 0.164. The van der Waals surface area contributed by atoms with Crippen molar-refractivity contribution in [3.63, 3.8) is 0 Å². The van der Waals surface area contributed by atoms with Gasteiger partial charge in [-0.05, 0) is 37.3 Å². The van der Waals surface area contributed by atoms with E-state index < -0.39 is 0 Å². The predicted octanol–water partition coefficient (Wildman–Crippen LogP) is 4.17. The average molecular weight is 304 g/mol. The van der Waals surface area contributed by atoms with Crippen molar-refractivity contribution in [1.82, 2.24) is 10.3 Å². The monoisotopic (exact) mass is 304 g/mol. The molecule has 3 nitrogen and oxygen atoms in total. The third kappa shape index (κ3) is 4.53. The number of thiazole rings is 1. The van der Waals surface area contributed by atoms with Gasteiger partial charge in [0.2, 0.25) is 5.91 Å². The van der Waals surface area contributed by atoms with E-state index in [1.807, 2.05) is 18.2 Å². The zero-order valence-electron chi connectivity index (χ0n) is 13.1. The van der Waals surface area contributed by atoms with Crippen molar-refractivity contribution in [2.75, 3.05) is 0 Å². The summed E-state index contributed by atoms with van der Waals surface area (Å²) in [6.45, 7) is 6.41. The van der Waals surface area contributed by atoms with Gasteiger partial charge in [-0.1, -0.05) is 32.9 Å². The maximum atomic E-state index is 12.0. The minimum Gasteiger partial charge on any atom is -0.353 e. The van der Waals surface area contributed by atoms with Gasteiger partial charge in [0.1, 0.15) is 0 Å². The lowest BCUT2D eigenvalue weighted by molar-refractivity contribution is -0.122. The van der Waals surface area contributed by atoms with Gasteiger partial charge in [-0.25, -0.2) is 4.98 Å². The molecule has 1 amide bonds. The minimum absolute atomic E-state index is 0.164. The smallest absolute Gasteiger partial charge is 0.220 e. The Morgan fingerprint density at radius 2 is 2.10 bits per heavy atom. The van der Waals surface area contributed by atoms with Crippen LogP contribution in [0.3, 0.4) is 0 Å². The molecule has 0 unspecified atom stereocenters. The number of aromatic nitrogens is 1. The SMILES string of the molecule is CC[C@@H](NC(=O)CCCc1nc2ccccc2s1)C(C)C. The molecule has 0 radical (unpaired) electrons. The summed E-state index contributed by atoms with van der Waals surface area (Å²) < 4.78 is 1.22. The van der Waals surface area contributed by atoms with Crippen LogP contribution in [-0.2, 0) is 11.2 Å². The van der Waals surface area contributed by atoms with Gasteiger partial charge in [-0.15, -0.1) is 11.3 Å². The number of para-hydroxylation sites is 1. The first-order valence-electron chi connectivity index (χ1n) is 7.74. The van der Waals surface area contributed by atoms with Gasteiger partial charge in [0.05, 0.1) is 15.2 Å². The van der Waals surface area contributed by atoms with Gasteiger partial charge >= 0.3 is 0 Å². The number of nitrogens with zero attached hydrogens (tertiary/aromatic N) is 1. The van der Waals surface area contributed by atoms with Crippen LogP contribution in [0.4, 0.5) is 0 Å². The van der Waals surface area contributed by atoms with Crippen molar-refractivity contribution in [2.45, 2.75) is 52.5 Å². The van der Waals surface area contributed by atoms with Crippen LogP contribution in [0, 0.1) is 5.92 Å². The van der Waals surface area contributed by atoms with Crippen LogP contribution < -0.4 is 5.32 Å². The molecular formula is C17H24N2OS. The number of amides is 1. The van der Waals surface area contributed by atoms with Crippen molar-refractivity contribution < 1.29 is 4.79 Å². The highest BCUT2D eigenvalue weighted by Gasteiger charge is 2.13. The number of rotatable bonds is 7. The second-order valence-corrected chi connectivity index (χ2v) is 6.87. The Kier molecular flexibility index (Phi) is 5.74. The Hall–Kier alpha value is -1.42.